The number of thiocarbonyl (C=S) groups is 1. The van der Waals surface area contributed by atoms with Gasteiger partial charge < -0.3 is 10.6 Å². The van der Waals surface area contributed by atoms with Gasteiger partial charge in [0.25, 0.3) is 0 Å². The summed E-state index contributed by atoms with van der Waals surface area (Å²) in [5, 5.41) is 7.53. The van der Waals surface area contributed by atoms with Crippen LogP contribution in [0.2, 0.25) is 0 Å². The average molecular weight is 228 g/mol. The van der Waals surface area contributed by atoms with Crippen LogP contribution in [0.15, 0.2) is 0 Å². The molecule has 1 saturated carbocycles. The van der Waals surface area contributed by atoms with Crippen LogP contribution in [0.4, 0.5) is 0 Å². The maximum atomic E-state index is 5.28. The predicted octanol–water partition coefficient (Wildman–Crippen LogP) is 2.83. The zero-order chi connectivity index (χ0) is 11.3. The van der Waals surface area contributed by atoms with E-state index in [0.29, 0.717) is 11.5 Å². The van der Waals surface area contributed by atoms with Crippen molar-refractivity contribution in [1.82, 2.24) is 10.6 Å². The minimum absolute atomic E-state index is 0.385. The number of rotatable bonds is 3. The highest BCUT2D eigenvalue weighted by molar-refractivity contribution is 7.80. The van der Waals surface area contributed by atoms with Crippen LogP contribution in [0, 0.1) is 5.41 Å². The second kappa shape index (κ2) is 5.69. The fourth-order valence-electron chi connectivity index (χ4n) is 2.21. The molecule has 0 aromatic rings. The summed E-state index contributed by atoms with van der Waals surface area (Å²) < 4.78 is 0. The van der Waals surface area contributed by atoms with E-state index < -0.39 is 0 Å². The smallest absolute Gasteiger partial charge is 0.166 e. The Morgan fingerprint density at radius 2 is 2.13 bits per heavy atom. The third kappa shape index (κ3) is 3.98. The molecule has 1 atom stereocenters. The van der Waals surface area contributed by atoms with Crippen molar-refractivity contribution in [1.29, 1.82) is 0 Å². The summed E-state index contributed by atoms with van der Waals surface area (Å²) in [6.07, 6.45) is 6.37. The van der Waals surface area contributed by atoms with Gasteiger partial charge in [-0.05, 0) is 36.9 Å². The van der Waals surface area contributed by atoms with E-state index in [2.05, 4.69) is 31.4 Å². The summed E-state index contributed by atoms with van der Waals surface area (Å²) in [6, 6.07) is 0.545. The molecule has 3 heteroatoms. The van der Waals surface area contributed by atoms with Crippen molar-refractivity contribution in [3.63, 3.8) is 0 Å². The Balaban J connectivity index is 2.38. The first-order chi connectivity index (χ1) is 7.06. The molecular formula is C12H24N2S. The second-order valence-electron chi connectivity index (χ2n) is 5.19. The molecule has 0 bridgehead atoms. The van der Waals surface area contributed by atoms with Crippen LogP contribution in [0.3, 0.4) is 0 Å². The SMILES string of the molecule is CCCNC(=S)NC1CCCCC1(C)C. The van der Waals surface area contributed by atoms with Crippen LogP contribution in [0.25, 0.3) is 0 Å². The fourth-order valence-corrected chi connectivity index (χ4v) is 2.45. The lowest BCUT2D eigenvalue weighted by Gasteiger charge is -2.39. The number of nitrogens with one attached hydrogen (secondary N) is 2. The Kier molecular flexibility index (Phi) is 4.84. The highest BCUT2D eigenvalue weighted by Crippen LogP contribution is 2.35. The molecular weight excluding hydrogens is 204 g/mol. The van der Waals surface area contributed by atoms with E-state index in [1.807, 2.05) is 0 Å². The van der Waals surface area contributed by atoms with Crippen LogP contribution in [-0.2, 0) is 0 Å². The summed E-state index contributed by atoms with van der Waals surface area (Å²) in [6.45, 7) is 7.80. The lowest BCUT2D eigenvalue weighted by molar-refractivity contribution is 0.185. The molecule has 2 nitrogen and oxygen atoms in total. The van der Waals surface area contributed by atoms with Gasteiger partial charge >= 0.3 is 0 Å². The van der Waals surface area contributed by atoms with Crippen LogP contribution in [-0.4, -0.2) is 17.7 Å². The van der Waals surface area contributed by atoms with Crippen LogP contribution in [0.1, 0.15) is 52.9 Å². The summed E-state index contributed by atoms with van der Waals surface area (Å²) in [7, 11) is 0. The molecule has 1 fully saturated rings. The van der Waals surface area contributed by atoms with Gasteiger partial charge in [0.15, 0.2) is 5.11 Å². The van der Waals surface area contributed by atoms with Gasteiger partial charge in [-0.3, -0.25) is 0 Å². The monoisotopic (exact) mass is 228 g/mol. The Labute approximate surface area is 99.2 Å². The van der Waals surface area contributed by atoms with E-state index in [-0.39, 0.29) is 0 Å². The maximum absolute atomic E-state index is 5.28. The Morgan fingerprint density at radius 3 is 2.73 bits per heavy atom. The van der Waals surface area contributed by atoms with Gasteiger partial charge in [-0.25, -0.2) is 0 Å². The molecule has 0 saturated heterocycles. The minimum Gasteiger partial charge on any atom is -0.363 e. The van der Waals surface area contributed by atoms with E-state index in [0.717, 1.165) is 18.1 Å². The highest BCUT2D eigenvalue weighted by atomic mass is 32.1. The fraction of sp³-hybridized carbons (Fsp3) is 0.917. The largest absolute Gasteiger partial charge is 0.363 e. The lowest BCUT2D eigenvalue weighted by atomic mass is 9.73. The highest BCUT2D eigenvalue weighted by Gasteiger charge is 2.32. The maximum Gasteiger partial charge on any atom is 0.166 e. The van der Waals surface area contributed by atoms with Gasteiger partial charge in [0.2, 0.25) is 0 Å². The first-order valence-corrected chi connectivity index (χ1v) is 6.51. The predicted molar refractivity (Wildman–Crippen MR) is 70.1 cm³/mol. The molecule has 1 unspecified atom stereocenters. The third-order valence-electron chi connectivity index (χ3n) is 3.35. The Hall–Kier alpha value is -0.310. The Bertz CT molecular complexity index is 214. The van der Waals surface area contributed by atoms with Crippen molar-refractivity contribution in [3.8, 4) is 0 Å². The molecule has 0 aromatic heterocycles. The van der Waals surface area contributed by atoms with Gasteiger partial charge in [-0.1, -0.05) is 33.6 Å². The topological polar surface area (TPSA) is 24.1 Å². The van der Waals surface area contributed by atoms with Crippen molar-refractivity contribution in [2.75, 3.05) is 6.54 Å². The molecule has 1 rings (SSSR count). The zero-order valence-electron chi connectivity index (χ0n) is 10.2. The summed E-state index contributed by atoms with van der Waals surface area (Å²) in [5.41, 5.74) is 0.385. The molecule has 15 heavy (non-hydrogen) atoms. The van der Waals surface area contributed by atoms with Gasteiger partial charge in [-0.2, -0.15) is 0 Å². The van der Waals surface area contributed by atoms with E-state index >= 15 is 0 Å². The van der Waals surface area contributed by atoms with E-state index in [1.54, 1.807) is 0 Å². The molecule has 1 aliphatic rings. The molecule has 88 valence electrons. The molecule has 2 N–H and O–H groups in total. The summed E-state index contributed by atoms with van der Waals surface area (Å²) in [5.74, 6) is 0. The van der Waals surface area contributed by atoms with E-state index in [4.69, 9.17) is 12.2 Å². The van der Waals surface area contributed by atoms with Crippen LogP contribution < -0.4 is 10.6 Å². The van der Waals surface area contributed by atoms with Gasteiger partial charge in [-0.15, -0.1) is 0 Å². The van der Waals surface area contributed by atoms with E-state index in [1.165, 1.54) is 25.7 Å². The molecule has 0 aromatic carbocycles. The first-order valence-electron chi connectivity index (χ1n) is 6.10. The molecule has 0 spiro atoms. The van der Waals surface area contributed by atoms with Gasteiger partial charge in [0.1, 0.15) is 0 Å². The summed E-state index contributed by atoms with van der Waals surface area (Å²) in [4.78, 5) is 0. The van der Waals surface area contributed by atoms with Crippen LogP contribution >= 0.6 is 12.2 Å². The number of hydrogen-bond acceptors (Lipinski definition) is 1. The molecule has 0 radical (unpaired) electrons. The van der Waals surface area contributed by atoms with Crippen molar-refractivity contribution in [3.05, 3.63) is 0 Å². The third-order valence-corrected chi connectivity index (χ3v) is 3.61. The number of hydrogen-bond donors (Lipinski definition) is 2. The normalized spacial score (nSPS) is 24.6. The second-order valence-corrected chi connectivity index (χ2v) is 5.60. The van der Waals surface area contributed by atoms with Crippen LogP contribution in [0.5, 0.6) is 0 Å². The van der Waals surface area contributed by atoms with Crippen molar-refractivity contribution < 1.29 is 0 Å². The molecule has 0 aliphatic heterocycles. The molecule has 0 heterocycles. The van der Waals surface area contributed by atoms with Crippen molar-refractivity contribution in [2.24, 2.45) is 5.41 Å². The minimum atomic E-state index is 0.385. The van der Waals surface area contributed by atoms with Crippen molar-refractivity contribution >= 4 is 17.3 Å². The average Bonchev–Trinajstić information content (AvgIpc) is 2.18. The van der Waals surface area contributed by atoms with E-state index in [9.17, 15) is 0 Å². The van der Waals surface area contributed by atoms with Crippen molar-refractivity contribution in [2.45, 2.75) is 58.9 Å². The first kappa shape index (κ1) is 12.8. The molecule has 0 amide bonds. The standard InChI is InChI=1S/C12H24N2S/c1-4-9-13-11(15)14-10-7-5-6-8-12(10,2)3/h10H,4-9H2,1-3H3,(H2,13,14,15). The Morgan fingerprint density at radius 1 is 1.40 bits per heavy atom. The summed E-state index contributed by atoms with van der Waals surface area (Å²) >= 11 is 5.28. The van der Waals surface area contributed by atoms with Gasteiger partial charge in [0.05, 0.1) is 0 Å². The molecule has 1 aliphatic carbocycles. The zero-order valence-corrected chi connectivity index (χ0v) is 11.0. The lowest BCUT2D eigenvalue weighted by Crippen LogP contribution is -2.50. The quantitative estimate of drug-likeness (QED) is 0.726. The van der Waals surface area contributed by atoms with Gasteiger partial charge in [0, 0.05) is 12.6 Å².